The molecule has 0 aliphatic carbocycles. The van der Waals surface area contributed by atoms with E-state index < -0.39 is 0 Å². The van der Waals surface area contributed by atoms with Gasteiger partial charge in [-0.2, -0.15) is 0 Å². The smallest absolute Gasteiger partial charge is 0.255 e. The van der Waals surface area contributed by atoms with Crippen LogP contribution in [-0.4, -0.2) is 38.5 Å². The molecule has 3 aromatic rings. The molecule has 1 fully saturated rings. The Balaban J connectivity index is 1.72. The molecule has 0 unspecified atom stereocenters. The van der Waals surface area contributed by atoms with E-state index in [1.54, 1.807) is 28.1 Å². The minimum atomic E-state index is 0.0207. The SMILES string of the molecule is Cc1ccc(-c2nc3c(N)cc(C(=O)N4CCCCC4)cn3n2)s1. The highest BCUT2D eigenvalue weighted by Crippen LogP contribution is 2.27. The molecule has 0 saturated carbocycles. The van der Waals surface area contributed by atoms with Gasteiger partial charge in [0.1, 0.15) is 0 Å². The zero-order valence-electron chi connectivity index (χ0n) is 13.5. The number of carbonyl (C=O) groups is 1. The molecule has 1 amide bonds. The fourth-order valence-electron chi connectivity index (χ4n) is 3.07. The maximum absolute atomic E-state index is 12.7. The number of hydrogen-bond donors (Lipinski definition) is 1. The van der Waals surface area contributed by atoms with Gasteiger partial charge in [0.05, 0.1) is 16.1 Å². The largest absolute Gasteiger partial charge is 0.396 e. The van der Waals surface area contributed by atoms with Crippen molar-refractivity contribution in [1.29, 1.82) is 0 Å². The number of pyridine rings is 1. The quantitative estimate of drug-likeness (QED) is 0.777. The molecule has 1 aliphatic heterocycles. The van der Waals surface area contributed by atoms with Crippen molar-refractivity contribution < 1.29 is 4.79 Å². The van der Waals surface area contributed by atoms with E-state index >= 15 is 0 Å². The number of nitrogens with zero attached hydrogens (tertiary/aromatic N) is 4. The summed E-state index contributed by atoms with van der Waals surface area (Å²) in [5.41, 5.74) is 7.77. The van der Waals surface area contributed by atoms with Gasteiger partial charge in [-0.3, -0.25) is 4.79 Å². The first-order valence-electron chi connectivity index (χ1n) is 8.14. The number of aryl methyl sites for hydroxylation is 1. The fraction of sp³-hybridized carbons (Fsp3) is 0.353. The fourth-order valence-corrected chi connectivity index (χ4v) is 3.86. The van der Waals surface area contributed by atoms with Gasteiger partial charge in [-0.1, -0.05) is 0 Å². The van der Waals surface area contributed by atoms with Crippen LogP contribution in [0, 0.1) is 6.92 Å². The van der Waals surface area contributed by atoms with E-state index in [4.69, 9.17) is 5.73 Å². The van der Waals surface area contributed by atoms with Crippen LogP contribution < -0.4 is 5.73 Å². The van der Waals surface area contributed by atoms with Crippen LogP contribution in [0.5, 0.6) is 0 Å². The highest BCUT2D eigenvalue weighted by Gasteiger charge is 2.20. The molecule has 3 aromatic heterocycles. The Morgan fingerprint density at radius 3 is 2.75 bits per heavy atom. The number of hydrogen-bond acceptors (Lipinski definition) is 5. The third-order valence-electron chi connectivity index (χ3n) is 4.31. The van der Waals surface area contributed by atoms with E-state index in [0.29, 0.717) is 22.7 Å². The van der Waals surface area contributed by atoms with Crippen molar-refractivity contribution in [1.82, 2.24) is 19.5 Å². The zero-order chi connectivity index (χ0) is 16.7. The van der Waals surface area contributed by atoms with E-state index in [9.17, 15) is 4.79 Å². The number of thiophene rings is 1. The van der Waals surface area contributed by atoms with Gasteiger partial charge in [0, 0.05) is 24.2 Å². The first-order valence-corrected chi connectivity index (χ1v) is 8.95. The second-order valence-corrected chi connectivity index (χ2v) is 7.44. The number of aromatic nitrogens is 3. The first kappa shape index (κ1) is 15.1. The molecule has 2 N–H and O–H groups in total. The number of amides is 1. The van der Waals surface area contributed by atoms with Gasteiger partial charge >= 0.3 is 0 Å². The van der Waals surface area contributed by atoms with E-state index in [-0.39, 0.29) is 5.91 Å². The van der Waals surface area contributed by atoms with Gasteiger partial charge in [0.2, 0.25) is 0 Å². The number of fused-ring (bicyclic) bond motifs is 1. The normalized spacial score (nSPS) is 15.1. The lowest BCUT2D eigenvalue weighted by molar-refractivity contribution is 0.0723. The van der Waals surface area contributed by atoms with Crippen molar-refractivity contribution in [3.63, 3.8) is 0 Å². The van der Waals surface area contributed by atoms with Gasteiger partial charge < -0.3 is 10.6 Å². The lowest BCUT2D eigenvalue weighted by atomic mass is 10.1. The Morgan fingerprint density at radius 1 is 1.25 bits per heavy atom. The average Bonchev–Trinajstić information content (AvgIpc) is 3.21. The number of nitrogen functional groups attached to an aromatic ring is 1. The minimum absolute atomic E-state index is 0.0207. The second-order valence-electron chi connectivity index (χ2n) is 6.15. The van der Waals surface area contributed by atoms with Gasteiger partial charge in [-0.05, 0) is 44.4 Å². The summed E-state index contributed by atoms with van der Waals surface area (Å²) >= 11 is 1.64. The number of likely N-dealkylation sites (tertiary alicyclic amines) is 1. The number of nitrogens with two attached hydrogens (primary N) is 1. The molecule has 0 spiro atoms. The van der Waals surface area contributed by atoms with Crippen LogP contribution in [0.3, 0.4) is 0 Å². The lowest BCUT2D eigenvalue weighted by Gasteiger charge is -2.26. The van der Waals surface area contributed by atoms with E-state index in [2.05, 4.69) is 10.1 Å². The summed E-state index contributed by atoms with van der Waals surface area (Å²) in [4.78, 5) is 21.3. The van der Waals surface area contributed by atoms with E-state index in [1.807, 2.05) is 24.0 Å². The Morgan fingerprint density at radius 2 is 2.04 bits per heavy atom. The van der Waals surface area contributed by atoms with Crippen LogP contribution in [0.25, 0.3) is 16.3 Å². The van der Waals surface area contributed by atoms with Crippen molar-refractivity contribution in [2.75, 3.05) is 18.8 Å². The molecule has 6 nitrogen and oxygen atoms in total. The molecule has 0 aromatic carbocycles. The van der Waals surface area contributed by atoms with Crippen LogP contribution in [0.1, 0.15) is 34.5 Å². The Bertz CT molecular complexity index is 907. The van der Waals surface area contributed by atoms with Crippen molar-refractivity contribution in [3.05, 3.63) is 34.8 Å². The van der Waals surface area contributed by atoms with Gasteiger partial charge in [0.15, 0.2) is 11.5 Å². The third kappa shape index (κ3) is 2.65. The van der Waals surface area contributed by atoms with Crippen molar-refractivity contribution in [3.8, 4) is 10.7 Å². The summed E-state index contributed by atoms with van der Waals surface area (Å²) in [5, 5.41) is 4.51. The van der Waals surface area contributed by atoms with E-state index in [1.165, 1.54) is 11.3 Å². The Hall–Kier alpha value is -2.41. The van der Waals surface area contributed by atoms with Crippen LogP contribution in [0.15, 0.2) is 24.4 Å². The Kier molecular flexibility index (Phi) is 3.72. The number of piperidine rings is 1. The Labute approximate surface area is 143 Å². The van der Waals surface area contributed by atoms with Crippen LogP contribution in [0.4, 0.5) is 5.69 Å². The summed E-state index contributed by atoms with van der Waals surface area (Å²) in [6.45, 7) is 3.68. The molecular weight excluding hydrogens is 322 g/mol. The maximum Gasteiger partial charge on any atom is 0.255 e. The molecule has 0 atom stereocenters. The standard InChI is InChI=1S/C17H19N5OS/c1-11-5-6-14(24-11)15-19-16-13(18)9-12(10-22(16)20-15)17(23)21-7-3-2-4-8-21/h5-6,9-10H,2-4,7-8,18H2,1H3. The van der Waals surface area contributed by atoms with Crippen LogP contribution in [0.2, 0.25) is 0 Å². The molecule has 1 saturated heterocycles. The number of rotatable bonds is 2. The number of carbonyl (C=O) groups excluding carboxylic acids is 1. The molecular formula is C17H19N5OS. The predicted octanol–water partition coefficient (Wildman–Crippen LogP) is 2.97. The molecule has 4 heterocycles. The summed E-state index contributed by atoms with van der Waals surface area (Å²) in [7, 11) is 0. The minimum Gasteiger partial charge on any atom is -0.396 e. The number of anilines is 1. The monoisotopic (exact) mass is 341 g/mol. The van der Waals surface area contributed by atoms with Crippen molar-refractivity contribution >= 4 is 28.6 Å². The molecule has 1 aliphatic rings. The molecule has 4 rings (SSSR count). The second kappa shape index (κ2) is 5.90. The van der Waals surface area contributed by atoms with Gasteiger partial charge in [-0.15, -0.1) is 16.4 Å². The van der Waals surface area contributed by atoms with Crippen molar-refractivity contribution in [2.45, 2.75) is 26.2 Å². The zero-order valence-corrected chi connectivity index (χ0v) is 14.3. The summed E-state index contributed by atoms with van der Waals surface area (Å²) in [6.07, 6.45) is 5.06. The third-order valence-corrected chi connectivity index (χ3v) is 5.31. The lowest BCUT2D eigenvalue weighted by Crippen LogP contribution is -2.35. The summed E-state index contributed by atoms with van der Waals surface area (Å²) in [6, 6.07) is 5.76. The topological polar surface area (TPSA) is 76.5 Å². The predicted molar refractivity (Wildman–Crippen MR) is 95.2 cm³/mol. The highest BCUT2D eigenvalue weighted by atomic mass is 32.1. The van der Waals surface area contributed by atoms with Crippen molar-refractivity contribution in [2.24, 2.45) is 0 Å². The van der Waals surface area contributed by atoms with Crippen LogP contribution >= 0.6 is 11.3 Å². The summed E-state index contributed by atoms with van der Waals surface area (Å²) < 4.78 is 1.62. The average molecular weight is 341 g/mol. The molecule has 0 radical (unpaired) electrons. The summed E-state index contributed by atoms with van der Waals surface area (Å²) in [5.74, 6) is 0.662. The van der Waals surface area contributed by atoms with Gasteiger partial charge in [0.25, 0.3) is 5.91 Å². The molecule has 0 bridgehead atoms. The molecule has 24 heavy (non-hydrogen) atoms. The maximum atomic E-state index is 12.7. The highest BCUT2D eigenvalue weighted by molar-refractivity contribution is 7.15. The molecule has 124 valence electrons. The van der Waals surface area contributed by atoms with Crippen LogP contribution in [-0.2, 0) is 0 Å². The van der Waals surface area contributed by atoms with Gasteiger partial charge in [-0.25, -0.2) is 9.50 Å². The molecule has 7 heteroatoms. The van der Waals surface area contributed by atoms with E-state index in [0.717, 1.165) is 30.8 Å². The first-order chi connectivity index (χ1) is 11.6.